The molecular weight excluding hydrogens is 382 g/mol. The summed E-state index contributed by atoms with van der Waals surface area (Å²) in [5.41, 5.74) is 0.730. The average molecular weight is 410 g/mol. The van der Waals surface area contributed by atoms with Crippen molar-refractivity contribution in [3.8, 4) is 0 Å². The van der Waals surface area contributed by atoms with Crippen LogP contribution in [0.5, 0.6) is 0 Å². The van der Waals surface area contributed by atoms with Gasteiger partial charge in [0.05, 0.1) is 31.0 Å². The first-order valence-electron chi connectivity index (χ1n) is 9.38. The Bertz CT molecular complexity index is 894. The molecule has 0 unspecified atom stereocenters. The Balaban J connectivity index is 1.74. The lowest BCUT2D eigenvalue weighted by Gasteiger charge is -2.37. The van der Waals surface area contributed by atoms with Gasteiger partial charge < -0.3 is 19.5 Å². The number of methoxy groups -OCH3 is 1. The summed E-state index contributed by atoms with van der Waals surface area (Å²) >= 11 is 1.49. The van der Waals surface area contributed by atoms with Gasteiger partial charge in [0, 0.05) is 37.6 Å². The second-order valence-corrected chi connectivity index (χ2v) is 8.41. The molecule has 9 heteroatoms. The number of likely N-dealkylation sites (tertiary alicyclic amines) is 1. The van der Waals surface area contributed by atoms with Crippen LogP contribution in [0.4, 0.5) is 0 Å². The van der Waals surface area contributed by atoms with Crippen molar-refractivity contribution in [3.05, 3.63) is 27.1 Å². The molecular formula is C19H27N3O5S. The zero-order valence-corrected chi connectivity index (χ0v) is 17.3. The zero-order valence-electron chi connectivity index (χ0n) is 16.5. The van der Waals surface area contributed by atoms with Gasteiger partial charge in [0.2, 0.25) is 5.91 Å². The number of aliphatic hydroxyl groups excluding tert-OH is 1. The SMILES string of the molecule is COCCO[C@H]1C[C@H](CO)CN(C(=O)Cn2cnc3sc(C)c(C)c3c2=O)C1. The van der Waals surface area contributed by atoms with Crippen LogP contribution in [0.25, 0.3) is 10.2 Å². The molecule has 1 aliphatic rings. The van der Waals surface area contributed by atoms with Gasteiger partial charge in [-0.1, -0.05) is 0 Å². The predicted octanol–water partition coefficient (Wildman–Crippen LogP) is 0.947. The molecule has 0 saturated carbocycles. The standard InChI is InChI=1S/C19H27N3O5S/c1-12-13(2)28-18-17(12)19(25)22(11-20-18)9-16(24)21-7-14(10-23)6-15(8-21)27-5-4-26-3/h11,14-15,23H,4-10H2,1-3H3/t14-,15-/m0/s1. The first-order chi connectivity index (χ1) is 13.4. The largest absolute Gasteiger partial charge is 0.396 e. The lowest BCUT2D eigenvalue weighted by molar-refractivity contribution is -0.138. The minimum absolute atomic E-state index is 0.00520. The molecule has 1 N–H and O–H groups in total. The fourth-order valence-corrected chi connectivity index (χ4v) is 4.52. The van der Waals surface area contributed by atoms with Crippen LogP contribution >= 0.6 is 11.3 Å². The summed E-state index contributed by atoms with van der Waals surface area (Å²) in [6.07, 6.45) is 1.99. The van der Waals surface area contributed by atoms with Crippen molar-refractivity contribution < 1.29 is 19.4 Å². The van der Waals surface area contributed by atoms with Crippen LogP contribution < -0.4 is 5.56 Å². The van der Waals surface area contributed by atoms with Crippen LogP contribution in [0.3, 0.4) is 0 Å². The Morgan fingerprint density at radius 1 is 1.36 bits per heavy atom. The van der Waals surface area contributed by atoms with Crippen LogP contribution in [0.1, 0.15) is 16.9 Å². The van der Waals surface area contributed by atoms with Gasteiger partial charge in [-0.2, -0.15) is 0 Å². The van der Waals surface area contributed by atoms with Gasteiger partial charge in [-0.25, -0.2) is 4.98 Å². The smallest absolute Gasteiger partial charge is 0.262 e. The van der Waals surface area contributed by atoms with Crippen LogP contribution in [0.15, 0.2) is 11.1 Å². The molecule has 3 rings (SSSR count). The van der Waals surface area contributed by atoms with E-state index in [0.717, 1.165) is 10.4 Å². The first kappa shape index (κ1) is 20.9. The van der Waals surface area contributed by atoms with E-state index >= 15 is 0 Å². The minimum Gasteiger partial charge on any atom is -0.396 e. The van der Waals surface area contributed by atoms with E-state index < -0.39 is 0 Å². The quantitative estimate of drug-likeness (QED) is 0.685. The van der Waals surface area contributed by atoms with E-state index in [2.05, 4.69) is 4.98 Å². The van der Waals surface area contributed by atoms with Gasteiger partial charge in [0.1, 0.15) is 11.4 Å². The van der Waals surface area contributed by atoms with Crippen LogP contribution in [0, 0.1) is 19.8 Å². The highest BCUT2D eigenvalue weighted by Crippen LogP contribution is 2.25. The van der Waals surface area contributed by atoms with E-state index in [0.29, 0.717) is 42.9 Å². The number of aryl methyl sites for hydroxylation is 2. The number of piperidine rings is 1. The molecule has 2 aromatic heterocycles. The summed E-state index contributed by atoms with van der Waals surface area (Å²) in [6, 6.07) is 0. The Morgan fingerprint density at radius 3 is 2.86 bits per heavy atom. The number of aliphatic hydroxyl groups is 1. The second-order valence-electron chi connectivity index (χ2n) is 7.21. The monoisotopic (exact) mass is 409 g/mol. The number of rotatable bonds is 7. The minimum atomic E-state index is -0.191. The Kier molecular flexibility index (Phi) is 6.82. The number of ether oxygens (including phenoxy) is 2. The molecule has 2 aromatic rings. The lowest BCUT2D eigenvalue weighted by atomic mass is 9.96. The lowest BCUT2D eigenvalue weighted by Crippen LogP contribution is -2.49. The van der Waals surface area contributed by atoms with E-state index in [1.807, 2.05) is 13.8 Å². The molecule has 0 spiro atoms. The fraction of sp³-hybridized carbons (Fsp3) is 0.632. The van der Waals surface area contributed by atoms with Gasteiger partial charge >= 0.3 is 0 Å². The summed E-state index contributed by atoms with van der Waals surface area (Å²) in [4.78, 5) is 33.5. The first-order valence-corrected chi connectivity index (χ1v) is 10.2. The van der Waals surface area contributed by atoms with Gasteiger partial charge in [-0.05, 0) is 25.8 Å². The molecule has 0 aliphatic carbocycles. The van der Waals surface area contributed by atoms with E-state index in [-0.39, 0.29) is 36.6 Å². The predicted molar refractivity (Wildman–Crippen MR) is 107 cm³/mol. The van der Waals surface area contributed by atoms with Crippen molar-refractivity contribution >= 4 is 27.5 Å². The number of carbonyl (C=O) groups is 1. The topological polar surface area (TPSA) is 93.9 Å². The average Bonchev–Trinajstić information content (AvgIpc) is 2.98. The van der Waals surface area contributed by atoms with Gasteiger partial charge in [0.25, 0.3) is 5.56 Å². The molecule has 1 fully saturated rings. The maximum atomic E-state index is 12.9. The molecule has 1 aliphatic heterocycles. The molecule has 154 valence electrons. The van der Waals surface area contributed by atoms with Crippen molar-refractivity contribution in [3.63, 3.8) is 0 Å². The molecule has 0 radical (unpaired) electrons. The Morgan fingerprint density at radius 2 is 2.14 bits per heavy atom. The van der Waals surface area contributed by atoms with Gasteiger partial charge in [-0.3, -0.25) is 14.2 Å². The molecule has 1 amide bonds. The molecule has 1 saturated heterocycles. The van der Waals surface area contributed by atoms with Crippen molar-refractivity contribution in [1.29, 1.82) is 0 Å². The van der Waals surface area contributed by atoms with E-state index in [1.165, 1.54) is 22.2 Å². The number of carbonyl (C=O) groups excluding carboxylic acids is 1. The third-order valence-corrected chi connectivity index (χ3v) is 6.33. The number of amides is 1. The highest BCUT2D eigenvalue weighted by atomic mass is 32.1. The molecule has 28 heavy (non-hydrogen) atoms. The number of nitrogens with zero attached hydrogens (tertiary/aromatic N) is 3. The maximum Gasteiger partial charge on any atom is 0.262 e. The van der Waals surface area contributed by atoms with Crippen molar-refractivity contribution in [2.45, 2.75) is 32.9 Å². The summed E-state index contributed by atoms with van der Waals surface area (Å²) in [5.74, 6) is -0.212. The number of hydrogen-bond acceptors (Lipinski definition) is 7. The van der Waals surface area contributed by atoms with Crippen LogP contribution in [-0.4, -0.2) is 71.6 Å². The van der Waals surface area contributed by atoms with Crippen molar-refractivity contribution in [1.82, 2.24) is 14.5 Å². The fourth-order valence-electron chi connectivity index (χ4n) is 3.54. The zero-order chi connectivity index (χ0) is 20.3. The number of thiophene rings is 1. The summed E-state index contributed by atoms with van der Waals surface area (Å²) in [6.45, 7) is 5.62. The maximum absolute atomic E-state index is 12.9. The summed E-state index contributed by atoms with van der Waals surface area (Å²) in [7, 11) is 1.61. The molecule has 0 aromatic carbocycles. The molecule has 3 heterocycles. The van der Waals surface area contributed by atoms with Crippen LogP contribution in [0.2, 0.25) is 0 Å². The van der Waals surface area contributed by atoms with Crippen LogP contribution in [-0.2, 0) is 20.8 Å². The summed E-state index contributed by atoms with van der Waals surface area (Å²) in [5, 5.41) is 10.2. The molecule has 8 nitrogen and oxygen atoms in total. The molecule has 2 atom stereocenters. The Hall–Kier alpha value is -1.81. The van der Waals surface area contributed by atoms with Gasteiger partial charge in [-0.15, -0.1) is 11.3 Å². The normalized spacial score (nSPS) is 20.1. The van der Waals surface area contributed by atoms with Crippen molar-refractivity contribution in [2.75, 3.05) is 40.0 Å². The molecule has 0 bridgehead atoms. The highest BCUT2D eigenvalue weighted by Gasteiger charge is 2.30. The highest BCUT2D eigenvalue weighted by molar-refractivity contribution is 7.18. The Labute approximate surface area is 167 Å². The number of hydrogen-bond donors (Lipinski definition) is 1. The number of fused-ring (bicyclic) bond motifs is 1. The number of aromatic nitrogens is 2. The summed E-state index contributed by atoms with van der Waals surface area (Å²) < 4.78 is 12.1. The van der Waals surface area contributed by atoms with E-state index in [4.69, 9.17) is 9.47 Å². The van der Waals surface area contributed by atoms with Crippen molar-refractivity contribution in [2.24, 2.45) is 5.92 Å². The second kappa shape index (κ2) is 9.13. The van der Waals surface area contributed by atoms with E-state index in [1.54, 1.807) is 12.0 Å². The van der Waals surface area contributed by atoms with Gasteiger partial charge in [0.15, 0.2) is 0 Å². The third-order valence-electron chi connectivity index (χ3n) is 5.21. The van der Waals surface area contributed by atoms with E-state index in [9.17, 15) is 14.7 Å². The third kappa shape index (κ3) is 4.43.